The van der Waals surface area contributed by atoms with E-state index in [9.17, 15) is 4.79 Å². The Kier molecular flexibility index (Phi) is 5.68. The second kappa shape index (κ2) is 8.81. The quantitative estimate of drug-likeness (QED) is 0.473. The van der Waals surface area contributed by atoms with E-state index in [1.165, 1.54) is 0 Å². The highest BCUT2D eigenvalue weighted by Gasteiger charge is 2.26. The lowest BCUT2D eigenvalue weighted by Crippen LogP contribution is -2.40. The normalized spacial score (nSPS) is 14.7. The van der Waals surface area contributed by atoms with Crippen LogP contribution in [0.5, 0.6) is 0 Å². The Bertz CT molecular complexity index is 1350. The van der Waals surface area contributed by atoms with E-state index in [4.69, 9.17) is 10.3 Å². The summed E-state index contributed by atoms with van der Waals surface area (Å²) in [4.78, 5) is 32.4. The van der Waals surface area contributed by atoms with E-state index in [1.807, 2.05) is 37.8 Å². The van der Waals surface area contributed by atoms with E-state index >= 15 is 0 Å². The third-order valence-electron chi connectivity index (χ3n) is 6.44. The highest BCUT2D eigenvalue weighted by atomic mass is 16.5. The summed E-state index contributed by atoms with van der Waals surface area (Å²) in [6, 6.07) is 3.87. The summed E-state index contributed by atoms with van der Waals surface area (Å²) in [6.45, 7) is 7.21. The monoisotopic (exact) mass is 461 g/mol. The number of hydrogen-bond donors (Lipinski definition) is 1. The van der Waals surface area contributed by atoms with Crippen molar-refractivity contribution in [3.8, 4) is 11.5 Å². The molecule has 0 radical (unpaired) electrons. The molecule has 176 valence electrons. The van der Waals surface area contributed by atoms with Gasteiger partial charge in [0.05, 0.1) is 6.42 Å². The average molecular weight is 462 g/mol. The van der Waals surface area contributed by atoms with Gasteiger partial charge in [-0.15, -0.1) is 5.10 Å². The molecule has 1 amide bonds. The summed E-state index contributed by atoms with van der Waals surface area (Å²) in [5.74, 6) is 2.22. The van der Waals surface area contributed by atoms with E-state index in [0.717, 1.165) is 35.4 Å². The fourth-order valence-corrected chi connectivity index (χ4v) is 4.48. The van der Waals surface area contributed by atoms with Gasteiger partial charge in [-0.1, -0.05) is 5.16 Å². The predicted octanol–water partition coefficient (Wildman–Crippen LogP) is 2.10. The van der Waals surface area contributed by atoms with E-state index in [2.05, 4.69) is 30.2 Å². The minimum absolute atomic E-state index is 0.0875. The molecule has 0 unspecified atom stereocenters. The average Bonchev–Trinajstić information content (AvgIpc) is 3.43. The number of amides is 1. The van der Waals surface area contributed by atoms with Gasteiger partial charge in [0.2, 0.25) is 23.6 Å². The molecule has 0 aromatic carbocycles. The number of rotatable bonds is 5. The molecule has 5 heterocycles. The number of aryl methyl sites for hydroxylation is 3. The first-order chi connectivity index (χ1) is 16.4. The Balaban J connectivity index is 1.19. The summed E-state index contributed by atoms with van der Waals surface area (Å²) in [5, 5.41) is 8.27. The first kappa shape index (κ1) is 21.9. The number of carbonyl (C=O) groups is 1. The van der Waals surface area contributed by atoms with Crippen LogP contribution in [0.4, 0.5) is 5.95 Å². The molecule has 1 fully saturated rings. The molecule has 1 aliphatic rings. The third kappa shape index (κ3) is 4.33. The van der Waals surface area contributed by atoms with Crippen LogP contribution in [0.3, 0.4) is 0 Å². The number of carbonyl (C=O) groups excluding carboxylic acids is 1. The van der Waals surface area contributed by atoms with E-state index < -0.39 is 0 Å². The molecule has 2 N–H and O–H groups in total. The first-order valence-corrected chi connectivity index (χ1v) is 11.4. The van der Waals surface area contributed by atoms with Crippen molar-refractivity contribution >= 4 is 17.6 Å². The van der Waals surface area contributed by atoms with Crippen LogP contribution in [-0.2, 0) is 17.6 Å². The molecule has 0 saturated carbocycles. The number of piperidine rings is 1. The van der Waals surface area contributed by atoms with Crippen molar-refractivity contribution in [3.05, 3.63) is 46.7 Å². The molecule has 4 aromatic heterocycles. The number of aromatic nitrogens is 7. The number of anilines is 1. The largest absolute Gasteiger partial charge is 0.366 e. The molecule has 11 nitrogen and oxygen atoms in total. The molecule has 4 aromatic rings. The van der Waals surface area contributed by atoms with Gasteiger partial charge in [-0.25, -0.2) is 4.98 Å². The number of pyridine rings is 1. The van der Waals surface area contributed by atoms with Gasteiger partial charge in [0.15, 0.2) is 0 Å². The SMILES string of the molecule is Cc1ccnc(-c2noc(CC3CCN(C(=O)Cc4c(C)nc5nc(N)nn5c4C)CC3)n2)c1. The van der Waals surface area contributed by atoms with Crippen LogP contribution in [-0.4, -0.2) is 58.6 Å². The van der Waals surface area contributed by atoms with Crippen LogP contribution in [0.1, 0.15) is 41.2 Å². The molecular weight excluding hydrogens is 434 g/mol. The maximum atomic E-state index is 13.0. The Hall–Kier alpha value is -3.89. The minimum atomic E-state index is 0.0875. The number of nitrogen functional groups attached to an aromatic ring is 1. The zero-order valence-corrected chi connectivity index (χ0v) is 19.5. The molecule has 11 heteroatoms. The topological polar surface area (TPSA) is 141 Å². The van der Waals surface area contributed by atoms with E-state index in [1.54, 1.807) is 10.7 Å². The lowest BCUT2D eigenvalue weighted by Gasteiger charge is -2.31. The second-order valence-corrected chi connectivity index (χ2v) is 8.88. The molecule has 1 aliphatic heterocycles. The zero-order chi connectivity index (χ0) is 23.8. The summed E-state index contributed by atoms with van der Waals surface area (Å²) < 4.78 is 7.07. The molecule has 0 spiro atoms. The van der Waals surface area contributed by atoms with Crippen molar-refractivity contribution in [1.82, 2.24) is 39.6 Å². The lowest BCUT2D eigenvalue weighted by molar-refractivity contribution is -0.131. The molecule has 5 rings (SSSR count). The number of nitrogens with zero attached hydrogens (tertiary/aromatic N) is 8. The van der Waals surface area contributed by atoms with Gasteiger partial charge in [-0.3, -0.25) is 9.78 Å². The number of fused-ring (bicyclic) bond motifs is 1. The fourth-order valence-electron chi connectivity index (χ4n) is 4.48. The summed E-state index contributed by atoms with van der Waals surface area (Å²) in [5.41, 5.74) is 9.99. The van der Waals surface area contributed by atoms with E-state index in [0.29, 0.717) is 48.6 Å². The van der Waals surface area contributed by atoms with Gasteiger partial charge in [-0.2, -0.15) is 14.5 Å². The molecule has 0 bridgehead atoms. The molecule has 0 aliphatic carbocycles. The van der Waals surface area contributed by atoms with Crippen LogP contribution in [0.15, 0.2) is 22.9 Å². The molecule has 0 atom stereocenters. The second-order valence-electron chi connectivity index (χ2n) is 8.88. The van der Waals surface area contributed by atoms with E-state index in [-0.39, 0.29) is 18.3 Å². The smallest absolute Gasteiger partial charge is 0.254 e. The molecule has 34 heavy (non-hydrogen) atoms. The van der Waals surface area contributed by atoms with Gasteiger partial charge in [-0.05, 0) is 57.2 Å². The molecule has 1 saturated heterocycles. The van der Waals surface area contributed by atoms with Gasteiger partial charge >= 0.3 is 0 Å². The van der Waals surface area contributed by atoms with Crippen LogP contribution in [0.2, 0.25) is 0 Å². The maximum Gasteiger partial charge on any atom is 0.254 e. The summed E-state index contributed by atoms with van der Waals surface area (Å²) >= 11 is 0. The van der Waals surface area contributed by atoms with Gasteiger partial charge < -0.3 is 15.2 Å². The summed E-state index contributed by atoms with van der Waals surface area (Å²) in [7, 11) is 0. The summed E-state index contributed by atoms with van der Waals surface area (Å²) in [6.07, 6.45) is 4.50. The highest BCUT2D eigenvalue weighted by Crippen LogP contribution is 2.24. The van der Waals surface area contributed by atoms with Gasteiger partial charge in [0, 0.05) is 42.7 Å². The van der Waals surface area contributed by atoms with Crippen molar-refractivity contribution in [2.45, 2.75) is 46.5 Å². The van der Waals surface area contributed by atoms with Gasteiger partial charge in [0.25, 0.3) is 5.78 Å². The Morgan fingerprint density at radius 1 is 1.18 bits per heavy atom. The zero-order valence-electron chi connectivity index (χ0n) is 19.5. The van der Waals surface area contributed by atoms with Crippen LogP contribution < -0.4 is 5.73 Å². The highest BCUT2D eigenvalue weighted by molar-refractivity contribution is 5.79. The van der Waals surface area contributed by atoms with Crippen molar-refractivity contribution in [3.63, 3.8) is 0 Å². The third-order valence-corrected chi connectivity index (χ3v) is 6.44. The van der Waals surface area contributed by atoms with Crippen molar-refractivity contribution in [2.24, 2.45) is 5.92 Å². The number of likely N-dealkylation sites (tertiary alicyclic amines) is 1. The Morgan fingerprint density at radius 3 is 2.74 bits per heavy atom. The van der Waals surface area contributed by atoms with Crippen molar-refractivity contribution in [2.75, 3.05) is 18.8 Å². The van der Waals surface area contributed by atoms with Crippen LogP contribution in [0.25, 0.3) is 17.3 Å². The maximum absolute atomic E-state index is 13.0. The fraction of sp³-hybridized carbons (Fsp3) is 0.435. The standard InChI is InChI=1S/C23H27N9O2/c1-13-4-7-25-18(10-13)21-27-19(34-30-21)11-16-5-8-31(9-6-16)20(33)12-17-14(2)26-23-28-22(24)29-32(23)15(17)3/h4,7,10,16H,5-6,8-9,11-12H2,1-3H3,(H2,24,29). The van der Waals surface area contributed by atoms with Crippen LogP contribution in [0, 0.1) is 26.7 Å². The Labute approximate surface area is 196 Å². The van der Waals surface area contributed by atoms with Crippen molar-refractivity contribution in [1.29, 1.82) is 0 Å². The van der Waals surface area contributed by atoms with Gasteiger partial charge in [0.1, 0.15) is 5.69 Å². The van der Waals surface area contributed by atoms with Crippen LogP contribution >= 0.6 is 0 Å². The molecular formula is C23H27N9O2. The first-order valence-electron chi connectivity index (χ1n) is 11.4. The lowest BCUT2D eigenvalue weighted by atomic mass is 9.93. The number of hydrogen-bond acceptors (Lipinski definition) is 9. The van der Waals surface area contributed by atoms with Crippen molar-refractivity contribution < 1.29 is 9.32 Å². The number of nitrogens with two attached hydrogens (primary N) is 1. The minimum Gasteiger partial charge on any atom is -0.366 e. The predicted molar refractivity (Wildman–Crippen MR) is 124 cm³/mol. The Morgan fingerprint density at radius 2 is 1.97 bits per heavy atom.